The summed E-state index contributed by atoms with van der Waals surface area (Å²) in [4.78, 5) is 42.4. The van der Waals surface area contributed by atoms with Crippen LogP contribution in [0.3, 0.4) is 0 Å². The average molecular weight is 569 g/mol. The van der Waals surface area contributed by atoms with E-state index in [1.54, 1.807) is 21.9 Å². The summed E-state index contributed by atoms with van der Waals surface area (Å²) in [6.07, 6.45) is 2.75. The van der Waals surface area contributed by atoms with Gasteiger partial charge in [0, 0.05) is 56.4 Å². The SMILES string of the molecule is CCCN(CCC)S(=O)(=O)c1ccc(NC(=O)C2CCN(C(=O)C3CC(=O)N(c4ccc(C)cc4)C3)CC2)cc1. The number of rotatable bonds is 10. The number of sulfonamides is 1. The van der Waals surface area contributed by atoms with Crippen molar-refractivity contribution in [2.75, 3.05) is 42.9 Å². The molecule has 2 aromatic carbocycles. The number of likely N-dealkylation sites (tertiary alicyclic amines) is 1. The molecule has 2 aromatic rings. The van der Waals surface area contributed by atoms with Crippen molar-refractivity contribution in [1.82, 2.24) is 9.21 Å². The standard InChI is InChI=1S/C30H40N4O5S/c1-4-16-33(17-5-2)40(38,39)27-12-8-25(9-13-27)31-29(36)23-14-18-32(19-15-23)30(37)24-20-28(35)34(21-24)26-10-6-22(3)7-11-26/h6-13,23-24H,4-5,14-21H2,1-3H3,(H,31,36). The fourth-order valence-electron chi connectivity index (χ4n) is 5.42. The number of piperidine rings is 1. The maximum absolute atomic E-state index is 13.2. The van der Waals surface area contributed by atoms with Crippen LogP contribution in [0.4, 0.5) is 11.4 Å². The largest absolute Gasteiger partial charge is 0.342 e. The minimum atomic E-state index is -3.58. The molecule has 216 valence electrons. The summed E-state index contributed by atoms with van der Waals surface area (Å²) in [6, 6.07) is 14.0. The quantitative estimate of drug-likeness (QED) is 0.466. The Balaban J connectivity index is 1.29. The highest BCUT2D eigenvalue weighted by molar-refractivity contribution is 7.89. The third-order valence-electron chi connectivity index (χ3n) is 7.70. The second-order valence-electron chi connectivity index (χ2n) is 10.8. The lowest BCUT2D eigenvalue weighted by atomic mass is 9.94. The summed E-state index contributed by atoms with van der Waals surface area (Å²) in [7, 11) is -3.58. The van der Waals surface area contributed by atoms with Crippen LogP contribution in [0.15, 0.2) is 53.4 Å². The van der Waals surface area contributed by atoms with Gasteiger partial charge in [0.15, 0.2) is 0 Å². The number of carbonyl (C=O) groups is 3. The molecule has 2 aliphatic rings. The number of carbonyl (C=O) groups excluding carboxylic acids is 3. The van der Waals surface area contributed by atoms with E-state index in [1.807, 2.05) is 45.0 Å². The summed E-state index contributed by atoms with van der Waals surface area (Å²) in [5.41, 5.74) is 2.47. The molecule has 0 radical (unpaired) electrons. The van der Waals surface area contributed by atoms with Gasteiger partial charge in [-0.1, -0.05) is 31.5 Å². The molecule has 1 unspecified atom stereocenters. The fourth-order valence-corrected chi connectivity index (χ4v) is 7.05. The van der Waals surface area contributed by atoms with Crippen LogP contribution in [-0.4, -0.2) is 68.1 Å². The predicted octanol–water partition coefficient (Wildman–Crippen LogP) is 4.04. The Morgan fingerprint density at radius 3 is 2.10 bits per heavy atom. The lowest BCUT2D eigenvalue weighted by Gasteiger charge is -2.33. The number of nitrogens with zero attached hydrogens (tertiary/aromatic N) is 3. The number of nitrogens with one attached hydrogen (secondary N) is 1. The van der Waals surface area contributed by atoms with E-state index in [2.05, 4.69) is 5.32 Å². The maximum Gasteiger partial charge on any atom is 0.243 e. The van der Waals surface area contributed by atoms with Gasteiger partial charge >= 0.3 is 0 Å². The molecule has 40 heavy (non-hydrogen) atoms. The van der Waals surface area contributed by atoms with E-state index in [0.29, 0.717) is 51.3 Å². The first-order chi connectivity index (χ1) is 19.1. The molecule has 10 heteroatoms. The van der Waals surface area contributed by atoms with Crippen molar-refractivity contribution < 1.29 is 22.8 Å². The van der Waals surface area contributed by atoms with Gasteiger partial charge < -0.3 is 15.1 Å². The minimum absolute atomic E-state index is 0.0289. The van der Waals surface area contributed by atoms with Crippen LogP contribution in [0.25, 0.3) is 0 Å². The molecule has 0 spiro atoms. The van der Waals surface area contributed by atoms with Gasteiger partial charge in [0.25, 0.3) is 0 Å². The Hall–Kier alpha value is -3.24. The van der Waals surface area contributed by atoms with E-state index in [1.165, 1.54) is 16.4 Å². The third kappa shape index (κ3) is 6.72. The zero-order chi connectivity index (χ0) is 28.9. The van der Waals surface area contributed by atoms with Gasteiger partial charge in [-0.15, -0.1) is 0 Å². The van der Waals surface area contributed by atoms with Crippen molar-refractivity contribution in [2.24, 2.45) is 11.8 Å². The summed E-state index contributed by atoms with van der Waals surface area (Å²) in [5, 5.41) is 2.90. The molecular weight excluding hydrogens is 528 g/mol. The van der Waals surface area contributed by atoms with Crippen molar-refractivity contribution in [2.45, 2.75) is 57.8 Å². The van der Waals surface area contributed by atoms with Crippen molar-refractivity contribution in [1.29, 1.82) is 0 Å². The molecule has 1 N–H and O–H groups in total. The van der Waals surface area contributed by atoms with Crippen LogP contribution in [0.2, 0.25) is 0 Å². The summed E-state index contributed by atoms with van der Waals surface area (Å²) < 4.78 is 27.5. The molecule has 9 nitrogen and oxygen atoms in total. The topological polar surface area (TPSA) is 107 Å². The zero-order valence-corrected chi connectivity index (χ0v) is 24.5. The highest BCUT2D eigenvalue weighted by atomic mass is 32.2. The van der Waals surface area contributed by atoms with E-state index in [9.17, 15) is 22.8 Å². The molecule has 0 aliphatic carbocycles. The molecule has 1 atom stereocenters. The zero-order valence-electron chi connectivity index (χ0n) is 23.6. The molecule has 2 heterocycles. The molecule has 3 amide bonds. The first-order valence-corrected chi connectivity index (χ1v) is 15.6. The highest BCUT2D eigenvalue weighted by Crippen LogP contribution is 2.29. The number of anilines is 2. The Labute approximate surface area is 237 Å². The van der Waals surface area contributed by atoms with Crippen LogP contribution < -0.4 is 10.2 Å². The number of benzene rings is 2. The van der Waals surface area contributed by atoms with Gasteiger partial charge in [0.05, 0.1) is 10.8 Å². The summed E-state index contributed by atoms with van der Waals surface area (Å²) in [5.74, 6) is -0.828. The Morgan fingerprint density at radius 2 is 1.52 bits per heavy atom. The lowest BCUT2D eigenvalue weighted by Crippen LogP contribution is -2.44. The molecule has 4 rings (SSSR count). The van der Waals surface area contributed by atoms with Gasteiger partial charge in [-0.25, -0.2) is 8.42 Å². The molecule has 2 aliphatic heterocycles. The van der Waals surface area contributed by atoms with E-state index in [0.717, 1.165) is 24.1 Å². The molecule has 0 bridgehead atoms. The monoisotopic (exact) mass is 568 g/mol. The van der Waals surface area contributed by atoms with Gasteiger partial charge in [-0.2, -0.15) is 4.31 Å². The van der Waals surface area contributed by atoms with Crippen molar-refractivity contribution in [3.8, 4) is 0 Å². The fraction of sp³-hybridized carbons (Fsp3) is 0.500. The highest BCUT2D eigenvalue weighted by Gasteiger charge is 2.38. The lowest BCUT2D eigenvalue weighted by molar-refractivity contribution is -0.138. The van der Waals surface area contributed by atoms with Gasteiger partial charge in [-0.05, 0) is 69.0 Å². The Bertz CT molecular complexity index is 1300. The number of amides is 3. The second-order valence-corrected chi connectivity index (χ2v) is 12.7. The first kappa shape index (κ1) is 29.7. The maximum atomic E-state index is 13.2. The van der Waals surface area contributed by atoms with Crippen LogP contribution >= 0.6 is 0 Å². The molecule has 0 saturated carbocycles. The number of hydrogen-bond acceptors (Lipinski definition) is 5. The predicted molar refractivity (Wildman–Crippen MR) is 155 cm³/mol. The molecule has 2 saturated heterocycles. The Morgan fingerprint density at radius 1 is 0.925 bits per heavy atom. The molecule has 2 fully saturated rings. The first-order valence-electron chi connectivity index (χ1n) is 14.2. The van der Waals surface area contributed by atoms with Gasteiger partial charge in [0.1, 0.15) is 0 Å². The van der Waals surface area contributed by atoms with Crippen LogP contribution in [0, 0.1) is 18.8 Å². The van der Waals surface area contributed by atoms with Crippen LogP contribution in [-0.2, 0) is 24.4 Å². The second kappa shape index (κ2) is 13.0. The summed E-state index contributed by atoms with van der Waals surface area (Å²) in [6.45, 7) is 8.14. The Kier molecular flexibility index (Phi) is 9.63. The smallest absolute Gasteiger partial charge is 0.243 e. The summed E-state index contributed by atoms with van der Waals surface area (Å²) >= 11 is 0. The van der Waals surface area contributed by atoms with Gasteiger partial charge in [0.2, 0.25) is 27.7 Å². The van der Waals surface area contributed by atoms with E-state index in [4.69, 9.17) is 0 Å². The molecule has 0 aromatic heterocycles. The van der Waals surface area contributed by atoms with Crippen molar-refractivity contribution in [3.63, 3.8) is 0 Å². The van der Waals surface area contributed by atoms with Crippen molar-refractivity contribution in [3.05, 3.63) is 54.1 Å². The van der Waals surface area contributed by atoms with Crippen LogP contribution in [0.1, 0.15) is 51.5 Å². The number of aryl methyl sites for hydroxylation is 1. The normalized spacial score (nSPS) is 18.4. The molecular formula is C30H40N4O5S. The van der Waals surface area contributed by atoms with Crippen molar-refractivity contribution >= 4 is 39.1 Å². The van der Waals surface area contributed by atoms with E-state index in [-0.39, 0.29) is 40.9 Å². The number of hydrogen-bond donors (Lipinski definition) is 1. The van der Waals surface area contributed by atoms with E-state index >= 15 is 0 Å². The van der Waals surface area contributed by atoms with E-state index < -0.39 is 10.0 Å². The average Bonchev–Trinajstić information content (AvgIpc) is 3.34. The van der Waals surface area contributed by atoms with Gasteiger partial charge in [-0.3, -0.25) is 14.4 Å². The minimum Gasteiger partial charge on any atom is -0.342 e. The third-order valence-corrected chi connectivity index (χ3v) is 9.62. The van der Waals surface area contributed by atoms with Crippen LogP contribution in [0.5, 0.6) is 0 Å².